The monoisotopic (exact) mass is 337 g/mol. The molecule has 0 saturated heterocycles. The highest BCUT2D eigenvalue weighted by Crippen LogP contribution is 2.34. The van der Waals surface area contributed by atoms with Gasteiger partial charge in [0.05, 0.1) is 14.4 Å². The number of benzene rings is 1. The van der Waals surface area contributed by atoms with E-state index in [4.69, 9.17) is 0 Å². The lowest BCUT2D eigenvalue weighted by Gasteiger charge is -1.95. The Kier molecular flexibility index (Phi) is 3.20. The summed E-state index contributed by atoms with van der Waals surface area (Å²) in [4.78, 5) is 5.78. The van der Waals surface area contributed by atoms with Crippen molar-refractivity contribution in [2.24, 2.45) is 0 Å². The Morgan fingerprint density at radius 3 is 2.50 bits per heavy atom. The molecule has 0 saturated carbocycles. The van der Waals surface area contributed by atoms with Crippen LogP contribution in [0.5, 0.6) is 5.75 Å². The molecule has 3 aromatic rings. The van der Waals surface area contributed by atoms with Gasteiger partial charge in [-0.2, -0.15) is 0 Å². The summed E-state index contributed by atoms with van der Waals surface area (Å²) in [6.45, 7) is 0. The van der Waals surface area contributed by atoms with Gasteiger partial charge in [0.25, 0.3) is 0 Å². The van der Waals surface area contributed by atoms with Gasteiger partial charge in [-0.05, 0) is 52.3 Å². The van der Waals surface area contributed by atoms with Crippen LogP contribution in [0.15, 0.2) is 45.6 Å². The molecule has 2 aromatic heterocycles. The number of aromatic nitrogens is 1. The molecule has 2 heterocycles. The number of halogens is 1. The van der Waals surface area contributed by atoms with Crippen molar-refractivity contribution in [2.75, 3.05) is 0 Å². The summed E-state index contributed by atoms with van der Waals surface area (Å²) in [6.07, 6.45) is 0. The summed E-state index contributed by atoms with van der Waals surface area (Å²) < 4.78 is 1.11. The number of hydrogen-bond donors (Lipinski definition) is 1. The zero-order chi connectivity index (χ0) is 12.5. The summed E-state index contributed by atoms with van der Waals surface area (Å²) in [5, 5.41) is 12.3. The highest BCUT2D eigenvalue weighted by atomic mass is 79.9. The molecule has 0 aliphatic heterocycles. The fraction of sp³-hybridized carbons (Fsp3) is 0. The fourth-order valence-corrected chi connectivity index (χ4v) is 3.82. The topological polar surface area (TPSA) is 33.1 Å². The molecule has 1 N–H and O–H groups in total. The third-order valence-electron chi connectivity index (χ3n) is 2.44. The number of nitrogens with zero attached hydrogens (tertiary/aromatic N) is 1. The molecule has 0 atom stereocenters. The molecule has 0 bridgehead atoms. The van der Waals surface area contributed by atoms with Crippen LogP contribution >= 0.6 is 38.6 Å². The molecule has 5 heteroatoms. The summed E-state index contributed by atoms with van der Waals surface area (Å²) in [5.74, 6) is 0.276. The second-order valence-corrected chi connectivity index (χ2v) is 7.01. The van der Waals surface area contributed by atoms with Crippen LogP contribution in [0.2, 0.25) is 0 Å². The fourth-order valence-electron chi connectivity index (χ4n) is 1.58. The Labute approximate surface area is 121 Å². The first-order valence-corrected chi connectivity index (χ1v) is 7.72. The number of thiazole rings is 1. The van der Waals surface area contributed by atoms with E-state index in [0.29, 0.717) is 0 Å². The van der Waals surface area contributed by atoms with Gasteiger partial charge in [-0.15, -0.1) is 22.7 Å². The zero-order valence-corrected chi connectivity index (χ0v) is 12.3. The maximum Gasteiger partial charge on any atom is 0.124 e. The number of rotatable bonds is 2. The molecule has 0 spiro atoms. The quantitative estimate of drug-likeness (QED) is 0.713. The van der Waals surface area contributed by atoms with Gasteiger partial charge in [0.15, 0.2) is 0 Å². The molecule has 0 fully saturated rings. The van der Waals surface area contributed by atoms with E-state index in [2.05, 4.69) is 32.4 Å². The van der Waals surface area contributed by atoms with Gasteiger partial charge in [0.1, 0.15) is 10.8 Å². The zero-order valence-electron chi connectivity index (χ0n) is 9.13. The normalized spacial score (nSPS) is 10.7. The van der Waals surface area contributed by atoms with Crippen LogP contribution in [-0.2, 0) is 0 Å². The Hall–Kier alpha value is -1.17. The summed E-state index contributed by atoms with van der Waals surface area (Å²) in [6, 6.07) is 11.2. The van der Waals surface area contributed by atoms with Gasteiger partial charge in [-0.3, -0.25) is 0 Å². The molecule has 1 aromatic carbocycles. The molecule has 0 unspecified atom stereocenters. The molecular weight excluding hydrogens is 330 g/mol. The minimum atomic E-state index is 0.276. The standard InChI is InChI=1S/C13H8BrNOS2/c14-12-6-5-11(18-12)10-7-17-13(15-10)8-1-3-9(16)4-2-8/h1-7,16H. The minimum absolute atomic E-state index is 0.276. The Balaban J connectivity index is 1.96. The van der Waals surface area contributed by atoms with E-state index in [9.17, 15) is 5.11 Å². The van der Waals surface area contributed by atoms with Gasteiger partial charge in [0, 0.05) is 10.9 Å². The predicted octanol–water partition coefficient (Wildman–Crippen LogP) is 5.01. The van der Waals surface area contributed by atoms with Crippen LogP contribution in [0.4, 0.5) is 0 Å². The van der Waals surface area contributed by atoms with Crippen LogP contribution in [-0.4, -0.2) is 10.1 Å². The first-order valence-electron chi connectivity index (χ1n) is 5.23. The molecule has 18 heavy (non-hydrogen) atoms. The van der Waals surface area contributed by atoms with Crippen molar-refractivity contribution in [1.29, 1.82) is 0 Å². The average molecular weight is 338 g/mol. The Bertz CT molecular complexity index is 672. The number of thiophene rings is 1. The molecule has 0 amide bonds. The number of phenolic OH excluding ortho intramolecular Hbond substituents is 1. The highest BCUT2D eigenvalue weighted by molar-refractivity contribution is 9.11. The second kappa shape index (κ2) is 4.84. The molecule has 0 radical (unpaired) electrons. The molecule has 90 valence electrons. The number of phenols is 1. The lowest BCUT2D eigenvalue weighted by atomic mass is 10.2. The first-order chi connectivity index (χ1) is 8.72. The second-order valence-electron chi connectivity index (χ2n) is 3.69. The first kappa shape index (κ1) is 11.9. The largest absolute Gasteiger partial charge is 0.508 e. The van der Waals surface area contributed by atoms with Gasteiger partial charge >= 0.3 is 0 Å². The molecule has 2 nitrogen and oxygen atoms in total. The van der Waals surface area contributed by atoms with E-state index in [1.807, 2.05) is 18.2 Å². The van der Waals surface area contributed by atoms with E-state index in [1.54, 1.807) is 34.8 Å². The third kappa shape index (κ3) is 2.34. The van der Waals surface area contributed by atoms with E-state index in [0.717, 1.165) is 24.9 Å². The summed E-state index contributed by atoms with van der Waals surface area (Å²) >= 11 is 6.74. The molecule has 0 aliphatic rings. The van der Waals surface area contributed by atoms with Gasteiger partial charge < -0.3 is 5.11 Å². The molecule has 3 rings (SSSR count). The SMILES string of the molecule is Oc1ccc(-c2nc(-c3ccc(Br)s3)cs2)cc1. The molecule has 0 aliphatic carbocycles. The van der Waals surface area contributed by atoms with Crippen molar-refractivity contribution >= 4 is 38.6 Å². The van der Waals surface area contributed by atoms with Gasteiger partial charge in [-0.1, -0.05) is 0 Å². The van der Waals surface area contributed by atoms with E-state index in [-0.39, 0.29) is 5.75 Å². The van der Waals surface area contributed by atoms with Crippen molar-refractivity contribution in [3.63, 3.8) is 0 Å². The van der Waals surface area contributed by atoms with E-state index in [1.165, 1.54) is 0 Å². The van der Waals surface area contributed by atoms with Crippen molar-refractivity contribution in [1.82, 2.24) is 4.98 Å². The minimum Gasteiger partial charge on any atom is -0.508 e. The van der Waals surface area contributed by atoms with Crippen LogP contribution in [0.25, 0.3) is 21.1 Å². The van der Waals surface area contributed by atoms with Crippen LogP contribution < -0.4 is 0 Å². The predicted molar refractivity (Wildman–Crippen MR) is 80.2 cm³/mol. The van der Waals surface area contributed by atoms with Gasteiger partial charge in [0.2, 0.25) is 0 Å². The van der Waals surface area contributed by atoms with Crippen molar-refractivity contribution in [3.8, 4) is 26.9 Å². The van der Waals surface area contributed by atoms with E-state index < -0.39 is 0 Å². The average Bonchev–Trinajstić information content (AvgIpc) is 2.98. The highest BCUT2D eigenvalue weighted by Gasteiger charge is 2.08. The van der Waals surface area contributed by atoms with Crippen molar-refractivity contribution in [2.45, 2.75) is 0 Å². The van der Waals surface area contributed by atoms with Crippen LogP contribution in [0.3, 0.4) is 0 Å². The smallest absolute Gasteiger partial charge is 0.124 e. The maximum absolute atomic E-state index is 9.27. The Morgan fingerprint density at radius 1 is 1.06 bits per heavy atom. The lowest BCUT2D eigenvalue weighted by Crippen LogP contribution is -1.76. The summed E-state index contributed by atoms with van der Waals surface area (Å²) in [5.41, 5.74) is 2.03. The number of hydrogen-bond acceptors (Lipinski definition) is 4. The van der Waals surface area contributed by atoms with Crippen LogP contribution in [0, 0.1) is 0 Å². The Morgan fingerprint density at radius 2 is 1.83 bits per heavy atom. The lowest BCUT2D eigenvalue weighted by molar-refractivity contribution is 0.475. The van der Waals surface area contributed by atoms with Gasteiger partial charge in [-0.25, -0.2) is 4.98 Å². The molecular formula is C13H8BrNOS2. The third-order valence-corrected chi connectivity index (χ3v) is 4.98. The maximum atomic E-state index is 9.27. The number of aromatic hydroxyl groups is 1. The van der Waals surface area contributed by atoms with Crippen LogP contribution in [0.1, 0.15) is 0 Å². The van der Waals surface area contributed by atoms with Crippen molar-refractivity contribution in [3.05, 3.63) is 45.6 Å². The summed E-state index contributed by atoms with van der Waals surface area (Å²) in [7, 11) is 0. The van der Waals surface area contributed by atoms with E-state index >= 15 is 0 Å². The van der Waals surface area contributed by atoms with Crippen molar-refractivity contribution < 1.29 is 5.11 Å².